The third-order valence-electron chi connectivity index (χ3n) is 4.64. The van der Waals surface area contributed by atoms with Gasteiger partial charge in [-0.2, -0.15) is 0 Å². The zero-order valence-electron chi connectivity index (χ0n) is 17.8. The first-order valence-electron chi connectivity index (χ1n) is 9.50. The fourth-order valence-electron chi connectivity index (χ4n) is 2.93. The van der Waals surface area contributed by atoms with Crippen LogP contribution < -0.4 is 0 Å². The summed E-state index contributed by atoms with van der Waals surface area (Å²) in [5.41, 5.74) is 1.16. The first-order chi connectivity index (χ1) is 12.3. The van der Waals surface area contributed by atoms with E-state index in [4.69, 9.17) is 9.47 Å². The van der Waals surface area contributed by atoms with Gasteiger partial charge in [-0.05, 0) is 63.8 Å². The zero-order valence-corrected chi connectivity index (χ0v) is 17.8. The lowest BCUT2D eigenvalue weighted by Crippen LogP contribution is -2.32. The van der Waals surface area contributed by atoms with Crippen LogP contribution in [-0.4, -0.2) is 23.6 Å². The van der Waals surface area contributed by atoms with Crippen LogP contribution in [0.5, 0.6) is 0 Å². The highest BCUT2D eigenvalue weighted by Crippen LogP contribution is 2.27. The topological polar surface area (TPSA) is 52.6 Å². The molecule has 0 unspecified atom stereocenters. The molecule has 0 spiro atoms. The molecule has 27 heavy (non-hydrogen) atoms. The predicted octanol–water partition coefficient (Wildman–Crippen LogP) is 5.17. The van der Waals surface area contributed by atoms with E-state index >= 15 is 0 Å². The summed E-state index contributed by atoms with van der Waals surface area (Å²) in [5, 5.41) is 0. The van der Waals surface area contributed by atoms with Crippen molar-refractivity contribution in [1.82, 2.24) is 0 Å². The molecule has 5 heteroatoms. The van der Waals surface area contributed by atoms with Crippen molar-refractivity contribution in [3.8, 4) is 0 Å². The number of aryl methyl sites for hydroxylation is 1. The number of esters is 2. The maximum atomic E-state index is 13.3. The molecule has 0 saturated carbocycles. The molecule has 3 atom stereocenters. The van der Waals surface area contributed by atoms with Crippen LogP contribution in [0.1, 0.15) is 71.9 Å². The third-order valence-corrected chi connectivity index (χ3v) is 4.64. The number of halogens is 1. The normalized spacial score (nSPS) is 15.2. The Bertz CT molecular complexity index is 661. The lowest BCUT2D eigenvalue weighted by atomic mass is 9.90. The molecule has 0 aliphatic carbocycles. The first-order valence-corrected chi connectivity index (χ1v) is 9.50. The number of rotatable bonds is 7. The van der Waals surface area contributed by atoms with Crippen LogP contribution in [0, 0.1) is 24.6 Å². The van der Waals surface area contributed by atoms with Crippen molar-refractivity contribution in [3.63, 3.8) is 0 Å². The van der Waals surface area contributed by atoms with E-state index in [1.807, 2.05) is 34.6 Å². The van der Waals surface area contributed by atoms with Crippen molar-refractivity contribution >= 4 is 11.9 Å². The molecule has 152 valence electrons. The van der Waals surface area contributed by atoms with Crippen molar-refractivity contribution < 1.29 is 23.5 Å². The summed E-state index contributed by atoms with van der Waals surface area (Å²) < 4.78 is 24.3. The van der Waals surface area contributed by atoms with Gasteiger partial charge < -0.3 is 9.47 Å². The molecule has 0 heterocycles. The van der Waals surface area contributed by atoms with E-state index in [1.165, 1.54) is 12.1 Å². The average Bonchev–Trinajstić information content (AvgIpc) is 2.49. The molecule has 0 fully saturated rings. The van der Waals surface area contributed by atoms with Crippen LogP contribution in [-0.2, 0) is 19.1 Å². The van der Waals surface area contributed by atoms with Gasteiger partial charge in [0.1, 0.15) is 17.5 Å². The van der Waals surface area contributed by atoms with E-state index in [-0.39, 0.29) is 24.1 Å². The van der Waals surface area contributed by atoms with E-state index in [1.54, 1.807) is 26.8 Å². The number of benzene rings is 1. The van der Waals surface area contributed by atoms with Gasteiger partial charge >= 0.3 is 11.9 Å². The molecule has 4 nitrogen and oxygen atoms in total. The minimum absolute atomic E-state index is 0.00948. The minimum atomic E-state index is -0.593. The largest absolute Gasteiger partial charge is 0.462 e. The van der Waals surface area contributed by atoms with E-state index in [9.17, 15) is 14.0 Å². The first kappa shape index (κ1) is 23.1. The second kappa shape index (κ2) is 9.34. The monoisotopic (exact) mass is 380 g/mol. The molecular weight excluding hydrogens is 347 g/mol. The Hall–Kier alpha value is -1.91. The van der Waals surface area contributed by atoms with Gasteiger partial charge in [-0.1, -0.05) is 26.8 Å². The van der Waals surface area contributed by atoms with Crippen molar-refractivity contribution in [3.05, 3.63) is 35.1 Å². The molecule has 0 radical (unpaired) electrons. The molecule has 1 aromatic carbocycles. The summed E-state index contributed by atoms with van der Waals surface area (Å²) in [6.45, 7) is 14.7. The van der Waals surface area contributed by atoms with Crippen molar-refractivity contribution in [2.24, 2.45) is 11.8 Å². The number of hydrogen-bond acceptors (Lipinski definition) is 4. The van der Waals surface area contributed by atoms with E-state index in [0.717, 1.165) is 11.1 Å². The molecule has 0 aromatic heterocycles. The van der Waals surface area contributed by atoms with Gasteiger partial charge in [0.15, 0.2) is 0 Å². The SMILES string of the molecule is Cc1cc(F)ccc1[C@@H](C)[C@@H](C)OC(=O)[C@@H](CC(=O)OC(C)(C)C)C(C)C. The van der Waals surface area contributed by atoms with E-state index in [0.29, 0.717) is 0 Å². The Labute approximate surface area is 162 Å². The van der Waals surface area contributed by atoms with Gasteiger partial charge in [0.25, 0.3) is 0 Å². The average molecular weight is 381 g/mol. The molecule has 0 aliphatic heterocycles. The summed E-state index contributed by atoms with van der Waals surface area (Å²) >= 11 is 0. The molecule has 1 aromatic rings. The quantitative estimate of drug-likeness (QED) is 0.612. The number of carbonyl (C=O) groups excluding carboxylic acids is 2. The Morgan fingerprint density at radius 2 is 1.70 bits per heavy atom. The van der Waals surface area contributed by atoms with E-state index in [2.05, 4.69) is 0 Å². The standard InChI is InChI=1S/C22H33FO4/c1-13(2)19(12-20(24)27-22(6,7)8)21(25)26-16(5)15(4)18-10-9-17(23)11-14(18)3/h9-11,13,15-16,19H,12H2,1-8H3/t15-,16+,19-/m0/s1. The van der Waals surface area contributed by atoms with Gasteiger partial charge in [0.2, 0.25) is 0 Å². The number of ether oxygens (including phenoxy) is 2. The highest BCUT2D eigenvalue weighted by molar-refractivity contribution is 5.80. The summed E-state index contributed by atoms with van der Waals surface area (Å²) in [6, 6.07) is 4.60. The third kappa shape index (κ3) is 7.31. The van der Waals surface area contributed by atoms with Crippen LogP contribution >= 0.6 is 0 Å². The number of hydrogen-bond donors (Lipinski definition) is 0. The van der Waals surface area contributed by atoms with Crippen LogP contribution in [0.15, 0.2) is 18.2 Å². The molecular formula is C22H33FO4. The fourth-order valence-corrected chi connectivity index (χ4v) is 2.93. The molecule has 0 amide bonds. The zero-order chi connectivity index (χ0) is 20.9. The lowest BCUT2D eigenvalue weighted by molar-refractivity contribution is -0.165. The summed E-state index contributed by atoms with van der Waals surface area (Å²) in [7, 11) is 0. The second-order valence-electron chi connectivity index (χ2n) is 8.57. The van der Waals surface area contributed by atoms with Crippen molar-refractivity contribution in [1.29, 1.82) is 0 Å². The van der Waals surface area contributed by atoms with Crippen LogP contribution in [0.3, 0.4) is 0 Å². The van der Waals surface area contributed by atoms with Crippen LogP contribution in [0.4, 0.5) is 4.39 Å². The molecule has 0 saturated heterocycles. The van der Waals surface area contributed by atoms with Crippen molar-refractivity contribution in [2.45, 2.75) is 79.4 Å². The smallest absolute Gasteiger partial charge is 0.310 e. The van der Waals surface area contributed by atoms with Gasteiger partial charge in [-0.25, -0.2) is 4.39 Å². The molecule has 0 bridgehead atoms. The highest BCUT2D eigenvalue weighted by Gasteiger charge is 2.31. The van der Waals surface area contributed by atoms with Crippen LogP contribution in [0.25, 0.3) is 0 Å². The minimum Gasteiger partial charge on any atom is -0.462 e. The Kier molecular flexibility index (Phi) is 8.00. The lowest BCUT2D eigenvalue weighted by Gasteiger charge is -2.27. The van der Waals surface area contributed by atoms with E-state index < -0.39 is 29.6 Å². The molecule has 0 aliphatic rings. The Balaban J connectivity index is 2.81. The predicted molar refractivity (Wildman–Crippen MR) is 104 cm³/mol. The summed E-state index contributed by atoms with van der Waals surface area (Å²) in [4.78, 5) is 24.8. The maximum absolute atomic E-state index is 13.3. The molecule has 1 rings (SSSR count). The highest BCUT2D eigenvalue weighted by atomic mass is 19.1. The number of carbonyl (C=O) groups is 2. The van der Waals surface area contributed by atoms with Crippen molar-refractivity contribution in [2.75, 3.05) is 0 Å². The van der Waals surface area contributed by atoms with Gasteiger partial charge in [-0.15, -0.1) is 0 Å². The summed E-state index contributed by atoms with van der Waals surface area (Å²) in [6.07, 6.45) is -0.411. The molecule has 0 N–H and O–H groups in total. The van der Waals surface area contributed by atoms with Crippen LogP contribution in [0.2, 0.25) is 0 Å². The fraction of sp³-hybridized carbons (Fsp3) is 0.636. The second-order valence-corrected chi connectivity index (χ2v) is 8.57. The Morgan fingerprint density at radius 1 is 1.11 bits per heavy atom. The van der Waals surface area contributed by atoms with Gasteiger partial charge in [-0.3, -0.25) is 9.59 Å². The maximum Gasteiger partial charge on any atom is 0.310 e. The van der Waals surface area contributed by atoms with Gasteiger partial charge in [0, 0.05) is 5.92 Å². The summed E-state index contributed by atoms with van der Waals surface area (Å²) in [5.74, 6) is -1.82. The Morgan fingerprint density at radius 3 is 2.19 bits per heavy atom. The van der Waals surface area contributed by atoms with Gasteiger partial charge in [0.05, 0.1) is 12.3 Å².